The van der Waals surface area contributed by atoms with Gasteiger partial charge in [0, 0.05) is 5.56 Å². The van der Waals surface area contributed by atoms with Gasteiger partial charge in [0.1, 0.15) is 5.15 Å². The number of aromatic nitrogens is 3. The zero-order valence-corrected chi connectivity index (χ0v) is 10.5. The number of hydrogen-bond acceptors (Lipinski definition) is 3. The minimum Gasteiger partial charge on any atom is -0.396 e. The van der Waals surface area contributed by atoms with Gasteiger partial charge in [-0.15, -0.1) is 10.2 Å². The first kappa shape index (κ1) is 11.0. The number of rotatable bonds is 1. The minimum absolute atomic E-state index is 0.541. The summed E-state index contributed by atoms with van der Waals surface area (Å²) in [5, 5.41) is 8.79. The van der Waals surface area contributed by atoms with Crippen molar-refractivity contribution in [1.82, 2.24) is 14.6 Å². The van der Waals surface area contributed by atoms with Gasteiger partial charge in [0.05, 0.1) is 5.69 Å². The van der Waals surface area contributed by atoms with E-state index in [4.69, 9.17) is 17.3 Å². The van der Waals surface area contributed by atoms with Gasteiger partial charge in [-0.3, -0.25) is 4.40 Å². The summed E-state index contributed by atoms with van der Waals surface area (Å²) >= 11 is 6.18. The molecule has 0 bridgehead atoms. The summed E-state index contributed by atoms with van der Waals surface area (Å²) in [6, 6.07) is 11.5. The monoisotopic (exact) mass is 258 g/mol. The molecular weight excluding hydrogens is 248 g/mol. The van der Waals surface area contributed by atoms with Crippen LogP contribution in [0.3, 0.4) is 0 Å². The van der Waals surface area contributed by atoms with Crippen LogP contribution in [-0.4, -0.2) is 14.6 Å². The fraction of sp³-hybridized carbons (Fsp3) is 0.0769. The maximum absolute atomic E-state index is 6.18. The zero-order valence-electron chi connectivity index (χ0n) is 9.76. The van der Waals surface area contributed by atoms with Crippen molar-refractivity contribution in [2.45, 2.75) is 6.92 Å². The third kappa shape index (κ3) is 1.62. The Bertz CT molecular complexity index is 716. The summed E-state index contributed by atoms with van der Waals surface area (Å²) in [6.07, 6.45) is 0. The molecule has 3 rings (SSSR count). The van der Waals surface area contributed by atoms with Crippen molar-refractivity contribution in [2.75, 3.05) is 5.73 Å². The molecular formula is C13H11ClN4. The molecule has 0 unspecified atom stereocenters. The number of nitrogens with zero attached hydrogens (tertiary/aromatic N) is 3. The molecule has 90 valence electrons. The van der Waals surface area contributed by atoms with Gasteiger partial charge in [-0.25, -0.2) is 0 Å². The molecule has 18 heavy (non-hydrogen) atoms. The molecule has 0 fully saturated rings. The highest BCUT2D eigenvalue weighted by Gasteiger charge is 2.12. The van der Waals surface area contributed by atoms with E-state index in [0.29, 0.717) is 22.3 Å². The largest absolute Gasteiger partial charge is 0.396 e. The molecule has 0 saturated heterocycles. The molecule has 1 aromatic carbocycles. The number of anilines is 1. The summed E-state index contributed by atoms with van der Waals surface area (Å²) < 4.78 is 1.75. The molecule has 5 heteroatoms. The average molecular weight is 259 g/mol. The third-order valence-electron chi connectivity index (χ3n) is 2.85. The molecule has 0 aliphatic heterocycles. The molecule has 0 spiro atoms. The first-order valence-electron chi connectivity index (χ1n) is 5.53. The predicted molar refractivity (Wildman–Crippen MR) is 72.6 cm³/mol. The number of nitrogens with two attached hydrogens (primary N) is 1. The standard InChI is InChI=1S/C13H11ClN4/c1-8-2-4-9(5-3-8)12-16-17-13-10(15)6-7-11(14)18(12)13/h2-7H,15H2,1H3. The topological polar surface area (TPSA) is 56.2 Å². The highest BCUT2D eigenvalue weighted by atomic mass is 35.5. The van der Waals surface area contributed by atoms with Gasteiger partial charge >= 0.3 is 0 Å². The number of benzene rings is 1. The Kier molecular flexibility index (Phi) is 2.45. The summed E-state index contributed by atoms with van der Waals surface area (Å²) in [5.41, 5.74) is 9.15. The van der Waals surface area contributed by atoms with Crippen LogP contribution in [0.4, 0.5) is 5.69 Å². The highest BCUT2D eigenvalue weighted by Crippen LogP contribution is 2.25. The van der Waals surface area contributed by atoms with E-state index in [1.807, 2.05) is 31.2 Å². The summed E-state index contributed by atoms with van der Waals surface area (Å²) in [4.78, 5) is 0. The lowest BCUT2D eigenvalue weighted by Crippen LogP contribution is -1.95. The Labute approximate surface area is 109 Å². The van der Waals surface area contributed by atoms with E-state index in [1.165, 1.54) is 5.56 Å². The molecule has 2 N–H and O–H groups in total. The Balaban J connectivity index is 2.30. The molecule has 0 aliphatic carbocycles. The van der Waals surface area contributed by atoms with Crippen molar-refractivity contribution in [2.24, 2.45) is 0 Å². The zero-order chi connectivity index (χ0) is 12.7. The number of pyridine rings is 1. The molecule has 0 aliphatic rings. The van der Waals surface area contributed by atoms with Gasteiger partial charge in [-0.05, 0) is 19.1 Å². The van der Waals surface area contributed by atoms with Gasteiger partial charge in [0.15, 0.2) is 11.5 Å². The second kappa shape index (κ2) is 3.99. The number of hydrogen-bond donors (Lipinski definition) is 1. The van der Waals surface area contributed by atoms with E-state index in [0.717, 1.165) is 5.56 Å². The SMILES string of the molecule is Cc1ccc(-c2nnc3c(N)ccc(Cl)n23)cc1. The van der Waals surface area contributed by atoms with Gasteiger partial charge in [0.25, 0.3) is 0 Å². The van der Waals surface area contributed by atoms with E-state index >= 15 is 0 Å². The molecule has 4 nitrogen and oxygen atoms in total. The lowest BCUT2D eigenvalue weighted by atomic mass is 10.1. The van der Waals surface area contributed by atoms with Crippen LogP contribution in [0.5, 0.6) is 0 Å². The minimum atomic E-state index is 0.541. The van der Waals surface area contributed by atoms with Crippen LogP contribution < -0.4 is 5.73 Å². The van der Waals surface area contributed by atoms with Gasteiger partial charge < -0.3 is 5.73 Å². The van der Waals surface area contributed by atoms with Gasteiger partial charge in [-0.1, -0.05) is 41.4 Å². The van der Waals surface area contributed by atoms with E-state index in [-0.39, 0.29) is 0 Å². The smallest absolute Gasteiger partial charge is 0.185 e. The summed E-state index contributed by atoms with van der Waals surface area (Å²) in [7, 11) is 0. The van der Waals surface area contributed by atoms with Crippen LogP contribution in [-0.2, 0) is 0 Å². The first-order chi connectivity index (χ1) is 8.66. The lowest BCUT2D eigenvalue weighted by Gasteiger charge is -2.04. The lowest BCUT2D eigenvalue weighted by molar-refractivity contribution is 1.11. The summed E-state index contributed by atoms with van der Waals surface area (Å²) in [6.45, 7) is 2.04. The van der Waals surface area contributed by atoms with E-state index in [2.05, 4.69) is 10.2 Å². The Morgan fingerprint density at radius 1 is 1.06 bits per heavy atom. The fourth-order valence-corrected chi connectivity index (χ4v) is 2.09. The van der Waals surface area contributed by atoms with Crippen LogP contribution in [0.1, 0.15) is 5.56 Å². The quantitative estimate of drug-likeness (QED) is 0.683. The predicted octanol–water partition coefficient (Wildman–Crippen LogP) is 2.94. The van der Waals surface area contributed by atoms with E-state index < -0.39 is 0 Å². The van der Waals surface area contributed by atoms with Crippen LogP contribution in [0.2, 0.25) is 5.15 Å². The molecule has 0 radical (unpaired) electrons. The van der Waals surface area contributed by atoms with Crippen molar-refractivity contribution >= 4 is 22.9 Å². The van der Waals surface area contributed by atoms with Crippen molar-refractivity contribution in [3.05, 3.63) is 47.1 Å². The Morgan fingerprint density at radius 2 is 1.78 bits per heavy atom. The fourth-order valence-electron chi connectivity index (χ4n) is 1.87. The second-order valence-electron chi connectivity index (χ2n) is 4.16. The van der Waals surface area contributed by atoms with Crippen molar-refractivity contribution in [3.63, 3.8) is 0 Å². The number of halogens is 1. The molecule has 2 heterocycles. The number of fused-ring (bicyclic) bond motifs is 1. The second-order valence-corrected chi connectivity index (χ2v) is 4.55. The van der Waals surface area contributed by atoms with E-state index in [9.17, 15) is 0 Å². The van der Waals surface area contributed by atoms with Crippen LogP contribution >= 0.6 is 11.6 Å². The molecule has 0 amide bonds. The average Bonchev–Trinajstić information content (AvgIpc) is 2.81. The molecule has 0 saturated carbocycles. The van der Waals surface area contributed by atoms with Crippen LogP contribution in [0.25, 0.3) is 17.0 Å². The normalized spacial score (nSPS) is 11.0. The molecule has 0 atom stereocenters. The van der Waals surface area contributed by atoms with Crippen LogP contribution in [0.15, 0.2) is 36.4 Å². The number of nitrogen functional groups attached to an aromatic ring is 1. The first-order valence-corrected chi connectivity index (χ1v) is 5.91. The van der Waals surface area contributed by atoms with Crippen molar-refractivity contribution in [3.8, 4) is 11.4 Å². The Hall–Kier alpha value is -2.07. The maximum atomic E-state index is 6.18. The highest BCUT2D eigenvalue weighted by molar-refractivity contribution is 6.30. The van der Waals surface area contributed by atoms with Gasteiger partial charge in [-0.2, -0.15) is 0 Å². The third-order valence-corrected chi connectivity index (χ3v) is 3.14. The Morgan fingerprint density at radius 3 is 2.50 bits per heavy atom. The van der Waals surface area contributed by atoms with Crippen molar-refractivity contribution in [1.29, 1.82) is 0 Å². The van der Waals surface area contributed by atoms with Gasteiger partial charge in [0.2, 0.25) is 0 Å². The number of aryl methyl sites for hydroxylation is 1. The molecule has 3 aromatic rings. The van der Waals surface area contributed by atoms with E-state index in [1.54, 1.807) is 16.5 Å². The summed E-state index contributed by atoms with van der Waals surface area (Å²) in [5.74, 6) is 0.697. The van der Waals surface area contributed by atoms with Crippen molar-refractivity contribution < 1.29 is 0 Å². The molecule has 2 aromatic heterocycles. The maximum Gasteiger partial charge on any atom is 0.185 e. The van der Waals surface area contributed by atoms with Crippen LogP contribution in [0, 0.1) is 6.92 Å².